The molecule has 0 heterocycles. The predicted octanol–water partition coefficient (Wildman–Crippen LogP) is 4.84. The topological polar surface area (TPSA) is 35.2 Å². The molecule has 1 atom stereocenters. The number of ether oxygens (including phenoxy) is 1. The largest absolute Gasteiger partial charge is 0.490 e. The normalized spacial score (nSPS) is 12.4. The van der Waals surface area contributed by atoms with Crippen LogP contribution in [0.1, 0.15) is 64.4 Å². The first kappa shape index (κ1) is 18.0. The van der Waals surface area contributed by atoms with Crippen LogP contribution >= 0.6 is 0 Å². The van der Waals surface area contributed by atoms with Crippen molar-refractivity contribution >= 4 is 0 Å². The van der Waals surface area contributed by atoms with Crippen LogP contribution in [0.5, 0.6) is 5.75 Å². The van der Waals surface area contributed by atoms with Gasteiger partial charge in [0.05, 0.1) is 6.61 Å². The molecule has 0 amide bonds. The van der Waals surface area contributed by atoms with Crippen LogP contribution in [0.25, 0.3) is 0 Å². The van der Waals surface area contributed by atoms with Gasteiger partial charge in [-0.1, -0.05) is 58.1 Å². The predicted molar refractivity (Wildman–Crippen MR) is 87.2 cm³/mol. The lowest BCUT2D eigenvalue weighted by Gasteiger charge is -2.15. The standard InChI is InChI=1S/C18H30FNO/c1-3-5-6-7-8-9-13-21-18-15(14-16(20)4-2)11-10-12-17(18)19/h10-12,16H,3-9,13-14,20H2,1-2H3. The molecule has 1 rings (SSSR count). The number of nitrogens with two attached hydrogens (primary N) is 1. The van der Waals surface area contributed by atoms with E-state index in [9.17, 15) is 4.39 Å². The van der Waals surface area contributed by atoms with E-state index in [1.165, 1.54) is 31.7 Å². The molecule has 0 aliphatic rings. The van der Waals surface area contributed by atoms with Gasteiger partial charge < -0.3 is 10.5 Å². The summed E-state index contributed by atoms with van der Waals surface area (Å²) in [5.74, 6) is 0.122. The van der Waals surface area contributed by atoms with Gasteiger partial charge in [-0.3, -0.25) is 0 Å². The summed E-state index contributed by atoms with van der Waals surface area (Å²) in [5.41, 5.74) is 6.85. The highest BCUT2D eigenvalue weighted by Crippen LogP contribution is 2.24. The second kappa shape index (κ2) is 10.6. The molecule has 21 heavy (non-hydrogen) atoms. The lowest BCUT2D eigenvalue weighted by Crippen LogP contribution is -2.22. The Hall–Kier alpha value is -1.09. The fourth-order valence-corrected chi connectivity index (χ4v) is 2.36. The number of para-hydroxylation sites is 1. The number of benzene rings is 1. The summed E-state index contributed by atoms with van der Waals surface area (Å²) in [5, 5.41) is 0. The second-order valence-corrected chi connectivity index (χ2v) is 5.72. The monoisotopic (exact) mass is 295 g/mol. The van der Waals surface area contributed by atoms with Crippen LogP contribution in [0.4, 0.5) is 4.39 Å². The maximum Gasteiger partial charge on any atom is 0.165 e. The van der Waals surface area contributed by atoms with Crippen molar-refractivity contribution in [2.45, 2.75) is 71.3 Å². The highest BCUT2D eigenvalue weighted by molar-refractivity contribution is 5.35. The van der Waals surface area contributed by atoms with Gasteiger partial charge in [0.25, 0.3) is 0 Å². The van der Waals surface area contributed by atoms with Crippen LogP contribution in [0.15, 0.2) is 18.2 Å². The zero-order chi connectivity index (χ0) is 15.5. The van der Waals surface area contributed by atoms with Crippen molar-refractivity contribution in [3.05, 3.63) is 29.6 Å². The van der Waals surface area contributed by atoms with Gasteiger partial charge >= 0.3 is 0 Å². The van der Waals surface area contributed by atoms with Crippen molar-refractivity contribution < 1.29 is 9.13 Å². The minimum Gasteiger partial charge on any atom is -0.490 e. The molecule has 120 valence electrons. The summed E-state index contributed by atoms with van der Waals surface area (Å²) in [6.07, 6.45) is 8.76. The lowest BCUT2D eigenvalue weighted by atomic mass is 10.0. The molecular weight excluding hydrogens is 265 g/mol. The van der Waals surface area contributed by atoms with E-state index in [0.717, 1.165) is 24.8 Å². The summed E-state index contributed by atoms with van der Waals surface area (Å²) in [6, 6.07) is 5.15. The molecule has 0 aromatic heterocycles. The van der Waals surface area contributed by atoms with Crippen LogP contribution in [0.2, 0.25) is 0 Å². The molecule has 0 bridgehead atoms. The summed E-state index contributed by atoms with van der Waals surface area (Å²) in [6.45, 7) is 4.84. The third kappa shape index (κ3) is 6.94. The Balaban J connectivity index is 2.42. The Morgan fingerprint density at radius 1 is 1.10 bits per heavy atom. The second-order valence-electron chi connectivity index (χ2n) is 5.72. The maximum atomic E-state index is 13.9. The first-order valence-electron chi connectivity index (χ1n) is 8.34. The van der Waals surface area contributed by atoms with Crippen LogP contribution < -0.4 is 10.5 Å². The average Bonchev–Trinajstić information content (AvgIpc) is 2.48. The molecule has 1 unspecified atom stereocenters. The molecule has 1 aromatic carbocycles. The van der Waals surface area contributed by atoms with E-state index < -0.39 is 0 Å². The van der Waals surface area contributed by atoms with Crippen LogP contribution in [0, 0.1) is 5.82 Å². The number of rotatable bonds is 11. The minimum absolute atomic E-state index is 0.0585. The number of halogens is 1. The smallest absolute Gasteiger partial charge is 0.165 e. The summed E-state index contributed by atoms with van der Waals surface area (Å²) >= 11 is 0. The van der Waals surface area contributed by atoms with Gasteiger partial charge in [0.2, 0.25) is 0 Å². The fraction of sp³-hybridized carbons (Fsp3) is 0.667. The Bertz CT molecular complexity index is 395. The van der Waals surface area contributed by atoms with Crippen molar-refractivity contribution in [2.24, 2.45) is 5.73 Å². The van der Waals surface area contributed by atoms with Gasteiger partial charge in [0.1, 0.15) is 0 Å². The Labute approximate surface area is 128 Å². The summed E-state index contributed by atoms with van der Waals surface area (Å²) < 4.78 is 19.6. The van der Waals surface area contributed by atoms with E-state index in [4.69, 9.17) is 10.5 Å². The highest BCUT2D eigenvalue weighted by atomic mass is 19.1. The van der Waals surface area contributed by atoms with Crippen LogP contribution in [0.3, 0.4) is 0 Å². The Morgan fingerprint density at radius 3 is 2.52 bits per heavy atom. The number of hydrogen-bond acceptors (Lipinski definition) is 2. The van der Waals surface area contributed by atoms with Crippen molar-refractivity contribution in [3.63, 3.8) is 0 Å². The average molecular weight is 295 g/mol. The third-order valence-corrected chi connectivity index (χ3v) is 3.80. The molecule has 0 saturated heterocycles. The molecule has 0 aliphatic carbocycles. The fourth-order valence-electron chi connectivity index (χ4n) is 2.36. The molecule has 0 spiro atoms. The van der Waals surface area contributed by atoms with E-state index in [1.54, 1.807) is 6.07 Å². The van der Waals surface area contributed by atoms with Gasteiger partial charge in [-0.15, -0.1) is 0 Å². The molecular formula is C18H30FNO. The Morgan fingerprint density at radius 2 is 1.81 bits per heavy atom. The van der Waals surface area contributed by atoms with Gasteiger partial charge in [-0.05, 0) is 30.9 Å². The SMILES string of the molecule is CCCCCCCCOc1c(F)cccc1CC(N)CC. The summed E-state index contributed by atoms with van der Waals surface area (Å²) in [7, 11) is 0. The van der Waals surface area contributed by atoms with Gasteiger partial charge in [-0.2, -0.15) is 0 Å². The van der Waals surface area contributed by atoms with E-state index >= 15 is 0 Å². The molecule has 0 radical (unpaired) electrons. The quantitative estimate of drug-likeness (QED) is 0.593. The molecule has 0 aliphatic heterocycles. The van der Waals surface area contributed by atoms with Crippen molar-refractivity contribution in [3.8, 4) is 5.75 Å². The lowest BCUT2D eigenvalue weighted by molar-refractivity contribution is 0.286. The molecule has 0 saturated carbocycles. The van der Waals surface area contributed by atoms with Crippen molar-refractivity contribution in [1.29, 1.82) is 0 Å². The number of unbranched alkanes of at least 4 members (excludes halogenated alkanes) is 5. The summed E-state index contributed by atoms with van der Waals surface area (Å²) in [4.78, 5) is 0. The maximum absolute atomic E-state index is 13.9. The molecule has 1 aromatic rings. The molecule has 3 heteroatoms. The minimum atomic E-state index is -0.276. The van der Waals surface area contributed by atoms with E-state index in [-0.39, 0.29) is 11.9 Å². The van der Waals surface area contributed by atoms with Gasteiger partial charge in [-0.25, -0.2) is 4.39 Å². The van der Waals surface area contributed by atoms with Crippen molar-refractivity contribution in [2.75, 3.05) is 6.61 Å². The van der Waals surface area contributed by atoms with Gasteiger partial charge in [0, 0.05) is 6.04 Å². The molecule has 2 N–H and O–H groups in total. The molecule has 0 fully saturated rings. The van der Waals surface area contributed by atoms with E-state index in [1.807, 2.05) is 13.0 Å². The number of hydrogen-bond donors (Lipinski definition) is 1. The third-order valence-electron chi connectivity index (χ3n) is 3.80. The molecule has 2 nitrogen and oxygen atoms in total. The Kier molecular flexibility index (Phi) is 9.07. The first-order valence-corrected chi connectivity index (χ1v) is 8.34. The zero-order valence-corrected chi connectivity index (χ0v) is 13.5. The van der Waals surface area contributed by atoms with E-state index in [2.05, 4.69) is 6.92 Å². The van der Waals surface area contributed by atoms with Crippen LogP contribution in [-0.4, -0.2) is 12.6 Å². The zero-order valence-electron chi connectivity index (χ0n) is 13.5. The van der Waals surface area contributed by atoms with Crippen LogP contribution in [-0.2, 0) is 6.42 Å². The highest BCUT2D eigenvalue weighted by Gasteiger charge is 2.12. The van der Waals surface area contributed by atoms with Crippen molar-refractivity contribution in [1.82, 2.24) is 0 Å². The van der Waals surface area contributed by atoms with E-state index in [0.29, 0.717) is 18.8 Å². The van der Waals surface area contributed by atoms with Gasteiger partial charge in [0.15, 0.2) is 11.6 Å². The first-order chi connectivity index (χ1) is 10.2.